The summed E-state index contributed by atoms with van der Waals surface area (Å²) in [7, 11) is 0. The van der Waals surface area contributed by atoms with E-state index in [0.717, 1.165) is 11.3 Å². The molecule has 2 rings (SSSR count). The molecule has 1 aromatic heterocycles. The lowest BCUT2D eigenvalue weighted by atomic mass is 10.2. The molecule has 81 valence electrons. The first kappa shape index (κ1) is 10.4. The molecule has 1 N–H and O–H groups in total. The van der Waals surface area contributed by atoms with Crippen LogP contribution in [-0.2, 0) is 0 Å². The van der Waals surface area contributed by atoms with Crippen LogP contribution in [0.15, 0.2) is 30.6 Å². The molecule has 0 atom stereocenters. The molecule has 0 aliphatic carbocycles. The lowest BCUT2D eigenvalue weighted by Crippen LogP contribution is -1.93. The Labute approximate surface area is 94.1 Å². The Balaban J connectivity index is 2.28. The summed E-state index contributed by atoms with van der Waals surface area (Å²) in [5.74, 6) is 1.18. The first-order valence-electron chi connectivity index (χ1n) is 4.94. The third-order valence-corrected chi connectivity index (χ3v) is 2.25. The third-order valence-electron chi connectivity index (χ3n) is 2.25. The highest BCUT2D eigenvalue weighted by molar-refractivity contribution is 5.47. The van der Waals surface area contributed by atoms with Gasteiger partial charge in [0.15, 0.2) is 0 Å². The highest BCUT2D eigenvalue weighted by Gasteiger charge is 2.04. The number of nitrogens with one attached hydrogen (secondary N) is 1. The van der Waals surface area contributed by atoms with Crippen molar-refractivity contribution in [3.63, 3.8) is 0 Å². The van der Waals surface area contributed by atoms with Crippen molar-refractivity contribution in [2.75, 3.05) is 0 Å². The summed E-state index contributed by atoms with van der Waals surface area (Å²) in [5, 5.41) is 0. The molecule has 0 unspecified atom stereocenters. The highest BCUT2D eigenvalue weighted by atomic mass is 16.5. The molecule has 1 radical (unpaired) electrons. The maximum atomic E-state index is 7.55. The molecule has 0 saturated carbocycles. The van der Waals surface area contributed by atoms with Crippen molar-refractivity contribution in [3.8, 4) is 11.6 Å². The normalized spacial score (nSPS) is 10.1. The van der Waals surface area contributed by atoms with E-state index in [0.29, 0.717) is 17.3 Å². The van der Waals surface area contributed by atoms with Crippen LogP contribution in [0.1, 0.15) is 11.3 Å². The van der Waals surface area contributed by atoms with Crippen LogP contribution in [0.3, 0.4) is 0 Å². The van der Waals surface area contributed by atoms with Gasteiger partial charge in [0.1, 0.15) is 5.75 Å². The van der Waals surface area contributed by atoms with E-state index in [-0.39, 0.29) is 0 Å². The van der Waals surface area contributed by atoms with E-state index >= 15 is 0 Å². The van der Waals surface area contributed by atoms with E-state index in [1.54, 1.807) is 24.5 Å². The fraction of sp³-hybridized carbons (Fsp3) is 0.167. The zero-order valence-electron chi connectivity index (χ0n) is 9.19. The predicted molar refractivity (Wildman–Crippen MR) is 60.8 cm³/mol. The summed E-state index contributed by atoms with van der Waals surface area (Å²) < 4.78 is 5.59. The second-order valence-corrected chi connectivity index (χ2v) is 3.53. The summed E-state index contributed by atoms with van der Waals surface area (Å²) in [5.41, 5.74) is 9.68. The molecule has 1 aromatic carbocycles. The summed E-state index contributed by atoms with van der Waals surface area (Å²) in [6.07, 6.45) is 3.22. The number of rotatable bonds is 2. The quantitative estimate of drug-likeness (QED) is 0.772. The molecular weight excluding hydrogens is 202 g/mol. The molecule has 0 amide bonds. The van der Waals surface area contributed by atoms with Gasteiger partial charge in [-0.2, -0.15) is 0 Å². The zero-order valence-corrected chi connectivity index (χ0v) is 9.19. The Morgan fingerprint density at radius 1 is 1.12 bits per heavy atom. The van der Waals surface area contributed by atoms with Gasteiger partial charge in [0.05, 0.1) is 11.4 Å². The van der Waals surface area contributed by atoms with E-state index in [9.17, 15) is 0 Å². The monoisotopic (exact) mass is 214 g/mol. The fourth-order valence-electron chi connectivity index (χ4n) is 1.31. The Morgan fingerprint density at radius 2 is 1.88 bits per heavy atom. The van der Waals surface area contributed by atoms with Crippen LogP contribution in [0.5, 0.6) is 11.6 Å². The lowest BCUT2D eigenvalue weighted by molar-refractivity contribution is 0.455. The minimum atomic E-state index is 0.500. The summed E-state index contributed by atoms with van der Waals surface area (Å²) in [6, 6.07) is 5.27. The van der Waals surface area contributed by atoms with E-state index in [1.807, 2.05) is 19.9 Å². The topological polar surface area (TPSA) is 58.8 Å². The van der Waals surface area contributed by atoms with Crippen LogP contribution in [0.2, 0.25) is 0 Å². The lowest BCUT2D eigenvalue weighted by Gasteiger charge is -2.07. The predicted octanol–water partition coefficient (Wildman–Crippen LogP) is 2.80. The van der Waals surface area contributed by atoms with Crippen molar-refractivity contribution in [3.05, 3.63) is 41.9 Å². The van der Waals surface area contributed by atoms with Crippen molar-refractivity contribution in [1.29, 1.82) is 0 Å². The van der Waals surface area contributed by atoms with Gasteiger partial charge in [-0.1, -0.05) is 0 Å². The first-order valence-corrected chi connectivity index (χ1v) is 4.94. The summed E-state index contributed by atoms with van der Waals surface area (Å²) >= 11 is 0. The Bertz CT molecular complexity index is 511. The standard InChI is InChI=1S/C12H12N3O/c1-8-7-10(3-4-11(8)13)16-12-9(2)14-5-6-15-12/h3-7,13H,1-2H3. The number of hydrogen-bond donors (Lipinski definition) is 0. The first-order chi connectivity index (χ1) is 7.66. The number of aryl methyl sites for hydroxylation is 2. The largest absolute Gasteiger partial charge is 0.437 e. The van der Waals surface area contributed by atoms with Crippen molar-refractivity contribution in [2.45, 2.75) is 13.8 Å². The molecule has 0 aliphatic rings. The smallest absolute Gasteiger partial charge is 0.240 e. The van der Waals surface area contributed by atoms with Gasteiger partial charge in [0.25, 0.3) is 0 Å². The highest BCUT2D eigenvalue weighted by Crippen LogP contribution is 2.24. The van der Waals surface area contributed by atoms with Gasteiger partial charge in [0.2, 0.25) is 5.88 Å². The molecule has 2 aromatic rings. The van der Waals surface area contributed by atoms with Crippen molar-refractivity contribution >= 4 is 5.69 Å². The van der Waals surface area contributed by atoms with E-state index < -0.39 is 0 Å². The molecule has 4 heteroatoms. The summed E-state index contributed by atoms with van der Waals surface area (Å²) in [4.78, 5) is 8.18. The number of aromatic nitrogens is 2. The van der Waals surface area contributed by atoms with Crippen LogP contribution in [0, 0.1) is 13.8 Å². The van der Waals surface area contributed by atoms with Crippen LogP contribution in [-0.4, -0.2) is 9.97 Å². The van der Waals surface area contributed by atoms with Gasteiger partial charge in [-0.25, -0.2) is 4.98 Å². The van der Waals surface area contributed by atoms with Gasteiger partial charge >= 0.3 is 0 Å². The fourth-order valence-corrected chi connectivity index (χ4v) is 1.31. The van der Waals surface area contributed by atoms with E-state index in [1.165, 1.54) is 0 Å². The summed E-state index contributed by atoms with van der Waals surface area (Å²) in [6.45, 7) is 3.72. The number of ether oxygens (including phenoxy) is 1. The van der Waals surface area contributed by atoms with Crippen molar-refractivity contribution in [1.82, 2.24) is 15.7 Å². The maximum absolute atomic E-state index is 7.55. The van der Waals surface area contributed by atoms with Gasteiger partial charge in [-0.3, -0.25) is 4.98 Å². The maximum Gasteiger partial charge on any atom is 0.240 e. The average molecular weight is 214 g/mol. The average Bonchev–Trinajstić information content (AvgIpc) is 2.27. The number of benzene rings is 1. The minimum Gasteiger partial charge on any atom is -0.437 e. The molecule has 0 aliphatic heterocycles. The Hall–Kier alpha value is -2.10. The number of hydrogen-bond acceptors (Lipinski definition) is 3. The van der Waals surface area contributed by atoms with Gasteiger partial charge in [-0.05, 0) is 37.6 Å². The minimum absolute atomic E-state index is 0.500. The van der Waals surface area contributed by atoms with E-state index in [4.69, 9.17) is 10.5 Å². The van der Waals surface area contributed by atoms with Crippen LogP contribution < -0.4 is 10.5 Å². The van der Waals surface area contributed by atoms with Crippen LogP contribution in [0.25, 0.3) is 0 Å². The van der Waals surface area contributed by atoms with Crippen LogP contribution >= 0.6 is 0 Å². The van der Waals surface area contributed by atoms with Crippen LogP contribution in [0.4, 0.5) is 5.69 Å². The molecular formula is C12H12N3O. The molecule has 1 heterocycles. The molecule has 0 fully saturated rings. The second-order valence-electron chi connectivity index (χ2n) is 3.53. The molecule has 0 bridgehead atoms. The van der Waals surface area contributed by atoms with Gasteiger partial charge in [-0.15, -0.1) is 0 Å². The molecule has 0 spiro atoms. The third kappa shape index (κ3) is 2.11. The van der Waals surface area contributed by atoms with Crippen molar-refractivity contribution in [2.24, 2.45) is 0 Å². The van der Waals surface area contributed by atoms with E-state index in [2.05, 4.69) is 9.97 Å². The Kier molecular flexibility index (Phi) is 2.72. The second kappa shape index (κ2) is 4.18. The number of nitrogens with zero attached hydrogens (tertiary/aromatic N) is 2. The molecule has 16 heavy (non-hydrogen) atoms. The van der Waals surface area contributed by atoms with Gasteiger partial charge in [0, 0.05) is 12.4 Å². The van der Waals surface area contributed by atoms with Crippen molar-refractivity contribution < 1.29 is 4.74 Å². The molecule has 4 nitrogen and oxygen atoms in total. The zero-order chi connectivity index (χ0) is 11.5. The Morgan fingerprint density at radius 3 is 2.56 bits per heavy atom. The SMILES string of the molecule is Cc1cc(Oc2nccnc2C)ccc1[NH]. The van der Waals surface area contributed by atoms with Gasteiger partial charge < -0.3 is 10.5 Å². The molecule has 0 saturated heterocycles.